The van der Waals surface area contributed by atoms with Crippen LogP contribution in [0.25, 0.3) is 11.4 Å². The van der Waals surface area contributed by atoms with Crippen LogP contribution in [0.2, 0.25) is 0 Å². The van der Waals surface area contributed by atoms with Crippen LogP contribution < -0.4 is 4.74 Å². The molecular formula is C24H26N6O3. The topological polar surface area (TPSA) is 93.0 Å². The van der Waals surface area contributed by atoms with Gasteiger partial charge in [0.15, 0.2) is 5.82 Å². The van der Waals surface area contributed by atoms with Crippen molar-refractivity contribution in [1.29, 1.82) is 0 Å². The van der Waals surface area contributed by atoms with Crippen LogP contribution in [0.5, 0.6) is 5.88 Å². The van der Waals surface area contributed by atoms with E-state index >= 15 is 0 Å². The summed E-state index contributed by atoms with van der Waals surface area (Å²) in [6.07, 6.45) is 11.9. The van der Waals surface area contributed by atoms with Crippen LogP contribution in [0.3, 0.4) is 0 Å². The number of pyridine rings is 1. The number of nitrogens with zero attached hydrogens (tertiary/aromatic N) is 6. The number of allylic oxidation sites excluding steroid dienone is 2. The Labute approximate surface area is 192 Å². The maximum atomic E-state index is 13.4. The first kappa shape index (κ1) is 21.3. The van der Waals surface area contributed by atoms with Crippen molar-refractivity contribution in [2.24, 2.45) is 11.0 Å². The molecule has 9 heteroatoms. The fraction of sp³-hybridized carbons (Fsp3) is 0.375. The average molecular weight is 447 g/mol. The van der Waals surface area contributed by atoms with Crippen LogP contribution in [0.15, 0.2) is 47.9 Å². The second-order valence-electron chi connectivity index (χ2n) is 8.20. The monoisotopic (exact) mass is 446 g/mol. The summed E-state index contributed by atoms with van der Waals surface area (Å²) < 4.78 is 11.1. The molecule has 3 aliphatic heterocycles. The first-order valence-electron chi connectivity index (χ1n) is 11.0. The Morgan fingerprint density at radius 2 is 2.12 bits per heavy atom. The number of aryl methyl sites for hydroxylation is 1. The molecule has 0 saturated heterocycles. The predicted octanol–water partition coefficient (Wildman–Crippen LogP) is 2.13. The molecule has 2 aromatic rings. The summed E-state index contributed by atoms with van der Waals surface area (Å²) in [5, 5.41) is 6.20. The molecule has 0 aromatic carbocycles. The van der Waals surface area contributed by atoms with E-state index in [-0.39, 0.29) is 17.9 Å². The van der Waals surface area contributed by atoms with E-state index in [2.05, 4.69) is 10.1 Å². The van der Waals surface area contributed by atoms with Gasteiger partial charge < -0.3 is 14.4 Å². The smallest absolute Gasteiger partial charge is 0.233 e. The van der Waals surface area contributed by atoms with Crippen LogP contribution in [0.1, 0.15) is 17.0 Å². The number of carbonyl (C=O) groups is 1. The van der Waals surface area contributed by atoms with Gasteiger partial charge in [-0.05, 0) is 25.1 Å². The molecule has 9 nitrogen and oxygen atoms in total. The number of amides is 1. The molecule has 1 amide bonds. The lowest BCUT2D eigenvalue weighted by molar-refractivity contribution is -0.134. The van der Waals surface area contributed by atoms with Gasteiger partial charge >= 0.3 is 0 Å². The van der Waals surface area contributed by atoms with Gasteiger partial charge in [0.25, 0.3) is 0 Å². The minimum Gasteiger partial charge on any atom is -0.475 e. The van der Waals surface area contributed by atoms with Gasteiger partial charge in [0.1, 0.15) is 12.5 Å². The van der Waals surface area contributed by atoms with Gasteiger partial charge in [0.05, 0.1) is 30.5 Å². The van der Waals surface area contributed by atoms with E-state index < -0.39 is 0 Å². The van der Waals surface area contributed by atoms with Gasteiger partial charge in [-0.1, -0.05) is 12.2 Å². The minimum atomic E-state index is -0.315. The molecule has 2 aromatic heterocycles. The summed E-state index contributed by atoms with van der Waals surface area (Å²) >= 11 is 0. The molecule has 0 saturated carbocycles. The van der Waals surface area contributed by atoms with E-state index in [0.29, 0.717) is 44.4 Å². The van der Waals surface area contributed by atoms with Gasteiger partial charge in [-0.3, -0.25) is 14.8 Å². The van der Waals surface area contributed by atoms with E-state index in [1.807, 2.05) is 53.4 Å². The summed E-state index contributed by atoms with van der Waals surface area (Å²) in [6, 6.07) is 3.82. The zero-order valence-corrected chi connectivity index (χ0v) is 18.7. The molecule has 0 aliphatic carbocycles. The Morgan fingerprint density at radius 1 is 1.21 bits per heavy atom. The molecule has 2 atom stereocenters. The Hall–Kier alpha value is -3.59. The summed E-state index contributed by atoms with van der Waals surface area (Å²) in [5.74, 6) is 0.800. The maximum Gasteiger partial charge on any atom is 0.233 e. The number of carbonyl (C=O) groups excluding carboxylic acids is 1. The van der Waals surface area contributed by atoms with Crippen molar-refractivity contribution >= 4 is 12.1 Å². The summed E-state index contributed by atoms with van der Waals surface area (Å²) in [5.41, 5.74) is 3.51. The molecule has 170 valence electrons. The van der Waals surface area contributed by atoms with Gasteiger partial charge in [-0.2, -0.15) is 10.1 Å². The Morgan fingerprint density at radius 3 is 2.94 bits per heavy atom. The SMILES string of the molecule is COCCOc1nc(-c2ccc(C)nc2)nc2c1CN(C(=O)C1C=NN3C=CC=CC13)CC2. The molecule has 0 radical (unpaired) electrons. The lowest BCUT2D eigenvalue weighted by Gasteiger charge is -2.32. The number of aromatic nitrogens is 3. The lowest BCUT2D eigenvalue weighted by Crippen LogP contribution is -2.44. The number of rotatable bonds is 6. The second-order valence-corrected chi connectivity index (χ2v) is 8.20. The summed E-state index contributed by atoms with van der Waals surface area (Å²) in [4.78, 5) is 29.1. The summed E-state index contributed by atoms with van der Waals surface area (Å²) in [6.45, 7) is 3.74. The largest absolute Gasteiger partial charge is 0.475 e. The third kappa shape index (κ3) is 4.23. The number of hydrogen-bond acceptors (Lipinski definition) is 8. The standard InChI is InChI=1S/C24H26N6O3/c1-16-6-7-17(13-25-16)22-27-20-8-10-29(15-19(20)23(28-22)33-12-11-32-2)24(31)18-14-26-30-9-4-3-5-21(18)30/h3-7,9,13-14,18,21H,8,10-12,15H2,1-2H3. The van der Waals surface area contributed by atoms with E-state index in [1.54, 1.807) is 19.5 Å². The van der Waals surface area contributed by atoms with Gasteiger partial charge in [-0.15, -0.1) is 0 Å². The number of fused-ring (bicyclic) bond motifs is 2. The highest BCUT2D eigenvalue weighted by atomic mass is 16.5. The van der Waals surface area contributed by atoms with Crippen molar-refractivity contribution in [2.45, 2.75) is 25.9 Å². The van der Waals surface area contributed by atoms with Crippen molar-refractivity contribution in [3.05, 3.63) is 59.7 Å². The lowest BCUT2D eigenvalue weighted by atomic mass is 9.96. The first-order valence-corrected chi connectivity index (χ1v) is 11.0. The zero-order valence-electron chi connectivity index (χ0n) is 18.7. The highest BCUT2D eigenvalue weighted by molar-refractivity contribution is 5.95. The molecule has 2 unspecified atom stereocenters. The van der Waals surface area contributed by atoms with Crippen molar-refractivity contribution in [3.63, 3.8) is 0 Å². The predicted molar refractivity (Wildman–Crippen MR) is 122 cm³/mol. The Kier molecular flexibility index (Phi) is 5.87. The van der Waals surface area contributed by atoms with E-state index in [9.17, 15) is 4.79 Å². The molecule has 3 aliphatic rings. The third-order valence-electron chi connectivity index (χ3n) is 6.01. The van der Waals surface area contributed by atoms with Gasteiger partial charge in [0.2, 0.25) is 11.8 Å². The van der Waals surface area contributed by atoms with E-state index in [4.69, 9.17) is 19.4 Å². The molecule has 0 bridgehead atoms. The van der Waals surface area contributed by atoms with Crippen molar-refractivity contribution in [2.75, 3.05) is 26.9 Å². The fourth-order valence-electron chi connectivity index (χ4n) is 4.20. The number of ether oxygens (including phenoxy) is 2. The summed E-state index contributed by atoms with van der Waals surface area (Å²) in [7, 11) is 1.63. The Bertz CT molecular complexity index is 1130. The normalized spacial score (nSPS) is 20.7. The van der Waals surface area contributed by atoms with Gasteiger partial charge in [0, 0.05) is 49.9 Å². The number of methoxy groups -OCH3 is 1. The Balaban J connectivity index is 1.41. The van der Waals surface area contributed by atoms with Crippen molar-refractivity contribution in [3.8, 4) is 17.3 Å². The molecule has 5 rings (SSSR count). The van der Waals surface area contributed by atoms with Crippen LogP contribution in [0, 0.1) is 12.8 Å². The van der Waals surface area contributed by atoms with Crippen LogP contribution in [-0.2, 0) is 22.5 Å². The second kappa shape index (κ2) is 9.11. The molecule has 0 N–H and O–H groups in total. The molecule has 33 heavy (non-hydrogen) atoms. The van der Waals surface area contributed by atoms with Crippen molar-refractivity contribution < 1.29 is 14.3 Å². The van der Waals surface area contributed by atoms with Gasteiger partial charge in [-0.25, -0.2) is 4.98 Å². The van der Waals surface area contributed by atoms with Crippen LogP contribution in [-0.4, -0.2) is 69.9 Å². The third-order valence-corrected chi connectivity index (χ3v) is 6.01. The highest BCUT2D eigenvalue weighted by Gasteiger charge is 2.38. The van der Waals surface area contributed by atoms with Crippen LogP contribution in [0.4, 0.5) is 0 Å². The minimum absolute atomic E-state index is 0.0477. The fourth-order valence-corrected chi connectivity index (χ4v) is 4.20. The molecule has 0 spiro atoms. The first-order chi connectivity index (χ1) is 16.1. The molecular weight excluding hydrogens is 420 g/mol. The van der Waals surface area contributed by atoms with Crippen molar-refractivity contribution in [1.82, 2.24) is 24.9 Å². The zero-order chi connectivity index (χ0) is 22.8. The van der Waals surface area contributed by atoms with Crippen LogP contribution >= 0.6 is 0 Å². The molecule has 0 fully saturated rings. The number of hydrazone groups is 1. The maximum absolute atomic E-state index is 13.4. The highest BCUT2D eigenvalue weighted by Crippen LogP contribution is 2.31. The number of hydrogen-bond donors (Lipinski definition) is 0. The van der Waals surface area contributed by atoms with E-state index in [0.717, 1.165) is 22.5 Å². The average Bonchev–Trinajstić information content (AvgIpc) is 3.28. The molecule has 5 heterocycles. The quantitative estimate of drug-likeness (QED) is 0.628. The van der Waals surface area contributed by atoms with E-state index in [1.165, 1.54) is 0 Å².